The van der Waals surface area contributed by atoms with Crippen molar-refractivity contribution in [3.8, 4) is 0 Å². The van der Waals surface area contributed by atoms with Crippen LogP contribution in [-0.4, -0.2) is 44.2 Å². The number of aryl methyl sites for hydroxylation is 2. The van der Waals surface area contributed by atoms with Gasteiger partial charge in [-0.3, -0.25) is 9.59 Å². The van der Waals surface area contributed by atoms with Gasteiger partial charge in [-0.15, -0.1) is 0 Å². The van der Waals surface area contributed by atoms with Crippen molar-refractivity contribution in [2.75, 3.05) is 24.5 Å². The van der Waals surface area contributed by atoms with Crippen molar-refractivity contribution in [3.63, 3.8) is 0 Å². The number of rotatable bonds is 3. The SMILES string of the molecule is NC(=O)C1CCN(S(=O)(=O)c2cc3c4c(c2)CCC(=O)N4CCC3)CC1. The molecule has 8 heteroatoms. The molecule has 0 spiro atoms. The van der Waals surface area contributed by atoms with Gasteiger partial charge in [-0.2, -0.15) is 4.31 Å². The van der Waals surface area contributed by atoms with Gasteiger partial charge in [0, 0.05) is 32.0 Å². The van der Waals surface area contributed by atoms with Gasteiger partial charge in [0.25, 0.3) is 0 Å². The second kappa shape index (κ2) is 6.35. The van der Waals surface area contributed by atoms with E-state index in [1.807, 2.05) is 4.90 Å². The second-order valence-corrected chi connectivity index (χ2v) is 9.26. The van der Waals surface area contributed by atoms with E-state index in [0.717, 1.165) is 29.7 Å². The summed E-state index contributed by atoms with van der Waals surface area (Å²) in [4.78, 5) is 25.6. The van der Waals surface area contributed by atoms with Gasteiger partial charge < -0.3 is 10.6 Å². The van der Waals surface area contributed by atoms with Crippen molar-refractivity contribution >= 4 is 27.5 Å². The summed E-state index contributed by atoms with van der Waals surface area (Å²) in [7, 11) is -3.61. The molecule has 3 aliphatic heterocycles. The lowest BCUT2D eigenvalue weighted by Crippen LogP contribution is -2.42. The molecule has 3 heterocycles. The number of primary amides is 1. The topological polar surface area (TPSA) is 101 Å². The van der Waals surface area contributed by atoms with Crippen LogP contribution in [0.1, 0.15) is 36.8 Å². The van der Waals surface area contributed by atoms with Gasteiger partial charge in [-0.1, -0.05) is 0 Å². The molecule has 26 heavy (non-hydrogen) atoms. The maximum Gasteiger partial charge on any atom is 0.243 e. The molecule has 1 fully saturated rings. The first kappa shape index (κ1) is 17.5. The van der Waals surface area contributed by atoms with Crippen molar-refractivity contribution in [1.82, 2.24) is 4.31 Å². The molecule has 0 aromatic heterocycles. The van der Waals surface area contributed by atoms with E-state index >= 15 is 0 Å². The number of sulfonamides is 1. The predicted octanol–water partition coefficient (Wildman–Crippen LogP) is 0.798. The highest BCUT2D eigenvalue weighted by Crippen LogP contribution is 2.38. The van der Waals surface area contributed by atoms with Gasteiger partial charge in [-0.05, 0) is 55.4 Å². The molecule has 4 rings (SSSR count). The molecule has 140 valence electrons. The molecular weight excluding hydrogens is 354 g/mol. The normalized spacial score (nSPS) is 21.5. The molecule has 1 saturated heterocycles. The van der Waals surface area contributed by atoms with Crippen LogP contribution >= 0.6 is 0 Å². The van der Waals surface area contributed by atoms with Crippen molar-refractivity contribution in [2.45, 2.75) is 43.4 Å². The Kier molecular flexibility index (Phi) is 4.27. The zero-order valence-corrected chi connectivity index (χ0v) is 15.4. The molecule has 0 atom stereocenters. The van der Waals surface area contributed by atoms with E-state index in [9.17, 15) is 18.0 Å². The van der Waals surface area contributed by atoms with Crippen molar-refractivity contribution < 1.29 is 18.0 Å². The van der Waals surface area contributed by atoms with E-state index in [4.69, 9.17) is 5.73 Å². The molecule has 0 aliphatic carbocycles. The second-order valence-electron chi connectivity index (χ2n) is 7.32. The van der Waals surface area contributed by atoms with E-state index in [1.54, 1.807) is 12.1 Å². The third-order valence-electron chi connectivity index (χ3n) is 5.74. The Labute approximate surface area is 153 Å². The number of carbonyl (C=O) groups excluding carboxylic acids is 2. The Balaban J connectivity index is 1.66. The van der Waals surface area contributed by atoms with Gasteiger partial charge in [0.15, 0.2) is 0 Å². The minimum Gasteiger partial charge on any atom is -0.369 e. The average Bonchev–Trinajstić information content (AvgIpc) is 2.64. The Morgan fingerprint density at radius 1 is 1.04 bits per heavy atom. The molecule has 2 N–H and O–H groups in total. The molecule has 0 unspecified atom stereocenters. The number of hydrogen-bond acceptors (Lipinski definition) is 4. The number of piperidine rings is 1. The van der Waals surface area contributed by atoms with Crippen molar-refractivity contribution in [1.29, 1.82) is 0 Å². The molecule has 1 aromatic carbocycles. The van der Waals surface area contributed by atoms with Gasteiger partial charge in [-0.25, -0.2) is 8.42 Å². The Morgan fingerprint density at radius 2 is 1.69 bits per heavy atom. The Bertz CT molecular complexity index is 855. The molecule has 3 aliphatic rings. The third kappa shape index (κ3) is 2.81. The van der Waals surface area contributed by atoms with Crippen molar-refractivity contribution in [2.24, 2.45) is 11.7 Å². The number of nitrogens with zero attached hydrogens (tertiary/aromatic N) is 2. The van der Waals surface area contributed by atoms with Crippen LogP contribution in [0.4, 0.5) is 5.69 Å². The summed E-state index contributed by atoms with van der Waals surface area (Å²) >= 11 is 0. The monoisotopic (exact) mass is 377 g/mol. The van der Waals surface area contributed by atoms with Crippen LogP contribution < -0.4 is 10.6 Å². The van der Waals surface area contributed by atoms with Gasteiger partial charge in [0.05, 0.1) is 10.6 Å². The minimum absolute atomic E-state index is 0.127. The Morgan fingerprint density at radius 3 is 2.35 bits per heavy atom. The maximum atomic E-state index is 13.1. The largest absolute Gasteiger partial charge is 0.369 e. The fraction of sp³-hybridized carbons (Fsp3) is 0.556. The van der Waals surface area contributed by atoms with Crippen LogP contribution in [0.5, 0.6) is 0 Å². The zero-order valence-electron chi connectivity index (χ0n) is 14.6. The highest BCUT2D eigenvalue weighted by molar-refractivity contribution is 7.89. The van der Waals surface area contributed by atoms with E-state index in [-0.39, 0.29) is 17.7 Å². The third-order valence-corrected chi connectivity index (χ3v) is 7.62. The van der Waals surface area contributed by atoms with E-state index < -0.39 is 10.0 Å². The van der Waals surface area contributed by atoms with E-state index in [1.165, 1.54) is 4.31 Å². The maximum absolute atomic E-state index is 13.1. The standard InChI is InChI=1S/C18H23N3O4S/c19-18(23)12-5-8-20(9-6-12)26(24,25)15-10-13-2-1-7-21-16(22)4-3-14(11-15)17(13)21/h10-12H,1-9H2,(H2,19,23). The summed E-state index contributed by atoms with van der Waals surface area (Å²) in [6.45, 7) is 1.34. The molecular formula is C18H23N3O4S. The lowest BCUT2D eigenvalue weighted by molar-refractivity contribution is -0.123. The average molecular weight is 377 g/mol. The van der Waals surface area contributed by atoms with Crippen LogP contribution in [0, 0.1) is 5.92 Å². The van der Waals surface area contributed by atoms with E-state index in [0.29, 0.717) is 50.2 Å². The molecule has 7 nitrogen and oxygen atoms in total. The number of nitrogens with two attached hydrogens (primary N) is 1. The first-order valence-corrected chi connectivity index (χ1v) is 10.6. The highest BCUT2D eigenvalue weighted by Gasteiger charge is 2.35. The fourth-order valence-electron chi connectivity index (χ4n) is 4.30. The first-order valence-electron chi connectivity index (χ1n) is 9.13. The van der Waals surface area contributed by atoms with Gasteiger partial charge in [0.2, 0.25) is 21.8 Å². The summed E-state index contributed by atoms with van der Waals surface area (Å²) < 4.78 is 27.7. The smallest absolute Gasteiger partial charge is 0.243 e. The van der Waals surface area contributed by atoms with Crippen LogP contribution in [0.2, 0.25) is 0 Å². The number of benzene rings is 1. The lowest BCUT2D eigenvalue weighted by Gasteiger charge is -2.36. The molecule has 0 bridgehead atoms. The number of carbonyl (C=O) groups is 2. The summed E-state index contributed by atoms with van der Waals surface area (Å²) in [6.07, 6.45) is 3.60. The van der Waals surface area contributed by atoms with Crippen molar-refractivity contribution in [3.05, 3.63) is 23.3 Å². The summed E-state index contributed by atoms with van der Waals surface area (Å²) in [5, 5.41) is 0. The molecule has 0 radical (unpaired) electrons. The first-order chi connectivity index (χ1) is 12.4. The molecule has 1 aromatic rings. The highest BCUT2D eigenvalue weighted by atomic mass is 32.2. The zero-order chi connectivity index (χ0) is 18.5. The lowest BCUT2D eigenvalue weighted by atomic mass is 9.92. The Hall–Kier alpha value is -1.93. The molecule has 2 amide bonds. The van der Waals surface area contributed by atoms with Crippen LogP contribution in [0.15, 0.2) is 17.0 Å². The van der Waals surface area contributed by atoms with Crippen LogP contribution in [0.25, 0.3) is 0 Å². The number of hydrogen-bond donors (Lipinski definition) is 1. The fourth-order valence-corrected chi connectivity index (χ4v) is 5.87. The number of anilines is 1. The predicted molar refractivity (Wildman–Crippen MR) is 96.1 cm³/mol. The van der Waals surface area contributed by atoms with E-state index in [2.05, 4.69) is 0 Å². The van der Waals surface area contributed by atoms with Crippen LogP contribution in [0.3, 0.4) is 0 Å². The quantitative estimate of drug-likeness (QED) is 0.842. The summed E-state index contributed by atoms with van der Waals surface area (Å²) in [6, 6.07) is 3.47. The summed E-state index contributed by atoms with van der Waals surface area (Å²) in [5.74, 6) is -0.474. The number of amides is 2. The van der Waals surface area contributed by atoms with Gasteiger partial charge in [0.1, 0.15) is 0 Å². The molecule has 0 saturated carbocycles. The van der Waals surface area contributed by atoms with Gasteiger partial charge >= 0.3 is 0 Å². The minimum atomic E-state index is -3.61. The summed E-state index contributed by atoms with van der Waals surface area (Å²) in [5.41, 5.74) is 8.17. The van der Waals surface area contributed by atoms with Crippen LogP contribution in [-0.2, 0) is 32.5 Å².